The van der Waals surface area contributed by atoms with Crippen LogP contribution in [0.3, 0.4) is 0 Å². The number of non-ortho nitro benzene ring substituents is 1. The highest BCUT2D eigenvalue weighted by molar-refractivity contribution is 5.91. The number of amides is 3. The van der Waals surface area contributed by atoms with Crippen LogP contribution >= 0.6 is 0 Å². The SMILES string of the molecule is O=C(CCCC(=O)Nc1cccc([N+](=O)[O-])c1)NNC(=O)Cc1ccccc1. The van der Waals surface area contributed by atoms with E-state index in [-0.39, 0.29) is 43.2 Å². The normalized spacial score (nSPS) is 10.0. The number of nitrogens with one attached hydrogen (secondary N) is 3. The summed E-state index contributed by atoms with van der Waals surface area (Å²) in [6.45, 7) is 0. The Morgan fingerprint density at radius 2 is 1.54 bits per heavy atom. The summed E-state index contributed by atoms with van der Waals surface area (Å²) in [6.07, 6.45) is 0.524. The van der Waals surface area contributed by atoms with Crippen LogP contribution in [-0.2, 0) is 20.8 Å². The molecule has 2 aromatic rings. The van der Waals surface area contributed by atoms with E-state index < -0.39 is 10.8 Å². The van der Waals surface area contributed by atoms with Crippen molar-refractivity contribution in [2.75, 3.05) is 5.32 Å². The Balaban J connectivity index is 1.65. The molecular formula is C19H20N4O5. The van der Waals surface area contributed by atoms with E-state index in [0.29, 0.717) is 5.69 Å². The molecule has 0 bridgehead atoms. The third-order valence-electron chi connectivity index (χ3n) is 3.70. The number of benzene rings is 2. The van der Waals surface area contributed by atoms with Gasteiger partial charge in [-0.05, 0) is 18.1 Å². The van der Waals surface area contributed by atoms with E-state index in [0.717, 1.165) is 5.56 Å². The number of rotatable bonds is 8. The molecule has 0 aliphatic rings. The van der Waals surface area contributed by atoms with Crippen LogP contribution in [0, 0.1) is 10.1 Å². The van der Waals surface area contributed by atoms with Crippen LogP contribution < -0.4 is 16.2 Å². The lowest BCUT2D eigenvalue weighted by atomic mass is 10.1. The summed E-state index contributed by atoms with van der Waals surface area (Å²) >= 11 is 0. The maximum Gasteiger partial charge on any atom is 0.271 e. The lowest BCUT2D eigenvalue weighted by molar-refractivity contribution is -0.384. The van der Waals surface area contributed by atoms with Crippen LogP contribution in [-0.4, -0.2) is 22.6 Å². The average molecular weight is 384 g/mol. The molecule has 0 heterocycles. The summed E-state index contributed by atoms with van der Waals surface area (Å²) in [7, 11) is 0. The lowest BCUT2D eigenvalue weighted by Gasteiger charge is -2.08. The fourth-order valence-corrected chi connectivity index (χ4v) is 2.36. The molecule has 3 amide bonds. The molecule has 0 unspecified atom stereocenters. The molecule has 9 heteroatoms. The standard InChI is InChI=1S/C19H20N4O5/c24-17(20-15-8-4-9-16(13-15)23(27)28)10-5-11-18(25)21-22-19(26)12-14-6-2-1-3-7-14/h1-4,6-9,13H,5,10-12H2,(H,20,24)(H,21,25)(H,22,26). The highest BCUT2D eigenvalue weighted by atomic mass is 16.6. The summed E-state index contributed by atoms with van der Waals surface area (Å²) < 4.78 is 0. The Labute approximate surface area is 161 Å². The molecule has 0 aliphatic heterocycles. The zero-order chi connectivity index (χ0) is 20.4. The number of carbonyl (C=O) groups is 3. The molecule has 28 heavy (non-hydrogen) atoms. The maximum atomic E-state index is 11.9. The number of hydrogen-bond donors (Lipinski definition) is 3. The molecule has 2 rings (SSSR count). The molecule has 0 aromatic heterocycles. The minimum absolute atomic E-state index is 0.0496. The van der Waals surface area contributed by atoms with Gasteiger partial charge in [-0.1, -0.05) is 36.4 Å². The molecule has 0 atom stereocenters. The first-order valence-electron chi connectivity index (χ1n) is 8.60. The summed E-state index contributed by atoms with van der Waals surface area (Å²) in [6, 6.07) is 14.7. The molecule has 0 saturated carbocycles. The monoisotopic (exact) mass is 384 g/mol. The Bertz CT molecular complexity index is 854. The van der Waals surface area contributed by atoms with Gasteiger partial charge in [0.1, 0.15) is 0 Å². The van der Waals surface area contributed by atoms with E-state index in [4.69, 9.17) is 0 Å². The molecule has 146 valence electrons. The van der Waals surface area contributed by atoms with Gasteiger partial charge in [0.2, 0.25) is 17.7 Å². The smallest absolute Gasteiger partial charge is 0.271 e. The van der Waals surface area contributed by atoms with Crippen molar-refractivity contribution in [2.24, 2.45) is 0 Å². The first-order valence-corrected chi connectivity index (χ1v) is 8.60. The van der Waals surface area contributed by atoms with Crippen LogP contribution in [0.4, 0.5) is 11.4 Å². The third-order valence-corrected chi connectivity index (χ3v) is 3.70. The zero-order valence-electron chi connectivity index (χ0n) is 15.0. The highest BCUT2D eigenvalue weighted by Gasteiger charge is 2.10. The maximum absolute atomic E-state index is 11.9. The summed E-state index contributed by atoms with van der Waals surface area (Å²) in [5, 5.41) is 13.3. The van der Waals surface area contributed by atoms with E-state index in [9.17, 15) is 24.5 Å². The Kier molecular flexibility index (Phi) is 7.64. The summed E-state index contributed by atoms with van der Waals surface area (Å²) in [4.78, 5) is 45.5. The third kappa shape index (κ3) is 7.24. The van der Waals surface area contributed by atoms with Gasteiger partial charge >= 0.3 is 0 Å². The van der Waals surface area contributed by atoms with Crippen LogP contribution in [0.1, 0.15) is 24.8 Å². The van der Waals surface area contributed by atoms with Gasteiger partial charge < -0.3 is 5.32 Å². The predicted molar refractivity (Wildman–Crippen MR) is 102 cm³/mol. The zero-order valence-corrected chi connectivity index (χ0v) is 15.0. The first kappa shape index (κ1) is 20.6. The van der Waals surface area contributed by atoms with Crippen LogP contribution in [0.2, 0.25) is 0 Å². The van der Waals surface area contributed by atoms with E-state index in [1.807, 2.05) is 18.2 Å². The molecular weight excluding hydrogens is 364 g/mol. The molecule has 0 spiro atoms. The first-order chi connectivity index (χ1) is 13.4. The van der Waals surface area contributed by atoms with E-state index in [1.165, 1.54) is 18.2 Å². The van der Waals surface area contributed by atoms with Gasteiger partial charge in [0.25, 0.3) is 5.69 Å². The van der Waals surface area contributed by atoms with E-state index in [2.05, 4.69) is 16.2 Å². The van der Waals surface area contributed by atoms with Gasteiger partial charge in [-0.2, -0.15) is 0 Å². The molecule has 0 radical (unpaired) electrons. The molecule has 9 nitrogen and oxygen atoms in total. The van der Waals surface area contributed by atoms with Gasteiger partial charge in [0.15, 0.2) is 0 Å². The Hall–Kier alpha value is -3.75. The van der Waals surface area contributed by atoms with Crippen molar-refractivity contribution < 1.29 is 19.3 Å². The number of hydrogen-bond acceptors (Lipinski definition) is 5. The van der Waals surface area contributed by atoms with Gasteiger partial charge in [0, 0.05) is 30.7 Å². The highest BCUT2D eigenvalue weighted by Crippen LogP contribution is 2.17. The number of hydrazine groups is 1. The van der Waals surface area contributed by atoms with Crippen molar-refractivity contribution in [1.29, 1.82) is 0 Å². The van der Waals surface area contributed by atoms with E-state index >= 15 is 0 Å². The fraction of sp³-hybridized carbons (Fsp3) is 0.211. The van der Waals surface area contributed by atoms with Gasteiger partial charge in [-0.3, -0.25) is 35.3 Å². The van der Waals surface area contributed by atoms with Crippen molar-refractivity contribution in [3.63, 3.8) is 0 Å². The summed E-state index contributed by atoms with van der Waals surface area (Å²) in [5.41, 5.74) is 5.64. The van der Waals surface area contributed by atoms with Crippen LogP contribution in [0.25, 0.3) is 0 Å². The number of nitro groups is 1. The quantitative estimate of drug-likeness (QED) is 0.474. The molecule has 0 fully saturated rings. The topological polar surface area (TPSA) is 130 Å². The van der Waals surface area contributed by atoms with Crippen molar-refractivity contribution in [2.45, 2.75) is 25.7 Å². The number of anilines is 1. The number of carbonyl (C=O) groups excluding carboxylic acids is 3. The number of nitro benzene ring substituents is 1. The van der Waals surface area contributed by atoms with Gasteiger partial charge in [-0.15, -0.1) is 0 Å². The molecule has 0 saturated heterocycles. The summed E-state index contributed by atoms with van der Waals surface area (Å²) in [5.74, 6) is -1.12. The predicted octanol–water partition coefficient (Wildman–Crippen LogP) is 2.09. The van der Waals surface area contributed by atoms with E-state index in [1.54, 1.807) is 18.2 Å². The molecule has 0 aliphatic carbocycles. The second-order valence-electron chi connectivity index (χ2n) is 5.97. The largest absolute Gasteiger partial charge is 0.326 e. The van der Waals surface area contributed by atoms with Crippen molar-refractivity contribution >= 4 is 29.1 Å². The van der Waals surface area contributed by atoms with Gasteiger partial charge in [0.05, 0.1) is 11.3 Å². The van der Waals surface area contributed by atoms with Crippen LogP contribution in [0.5, 0.6) is 0 Å². The minimum Gasteiger partial charge on any atom is -0.326 e. The molecule has 3 N–H and O–H groups in total. The lowest BCUT2D eigenvalue weighted by Crippen LogP contribution is -2.42. The Morgan fingerprint density at radius 3 is 2.25 bits per heavy atom. The van der Waals surface area contributed by atoms with Crippen molar-refractivity contribution in [3.8, 4) is 0 Å². The second kappa shape index (κ2) is 10.4. The van der Waals surface area contributed by atoms with Crippen LogP contribution in [0.15, 0.2) is 54.6 Å². The Morgan fingerprint density at radius 1 is 0.857 bits per heavy atom. The average Bonchev–Trinajstić information content (AvgIpc) is 2.67. The second-order valence-corrected chi connectivity index (χ2v) is 5.97. The number of nitrogens with zero attached hydrogens (tertiary/aromatic N) is 1. The molecule has 2 aromatic carbocycles. The van der Waals surface area contributed by atoms with Gasteiger partial charge in [-0.25, -0.2) is 0 Å². The fourth-order valence-electron chi connectivity index (χ4n) is 2.36. The minimum atomic E-state index is -0.550. The van der Waals surface area contributed by atoms with Crippen molar-refractivity contribution in [3.05, 3.63) is 70.3 Å². The van der Waals surface area contributed by atoms with Crippen molar-refractivity contribution in [1.82, 2.24) is 10.9 Å².